The number of nitrogens with one attached hydrogen (secondary N) is 2. The van der Waals surface area contributed by atoms with Crippen molar-refractivity contribution in [3.05, 3.63) is 65.2 Å². The van der Waals surface area contributed by atoms with Crippen LogP contribution in [0, 0.1) is 0 Å². The lowest BCUT2D eigenvalue weighted by atomic mass is 10.2. The molecule has 26 heavy (non-hydrogen) atoms. The van der Waals surface area contributed by atoms with Crippen molar-refractivity contribution in [3.63, 3.8) is 0 Å². The first-order valence-electron chi connectivity index (χ1n) is 7.59. The number of rotatable bonds is 7. The molecule has 0 unspecified atom stereocenters. The van der Waals surface area contributed by atoms with E-state index in [0.29, 0.717) is 0 Å². The van der Waals surface area contributed by atoms with Gasteiger partial charge in [-0.3, -0.25) is 20.4 Å². The molecule has 0 bridgehead atoms. The smallest absolute Gasteiger partial charge is 0.271 e. The Bertz CT molecular complexity index is 873. The van der Waals surface area contributed by atoms with Crippen molar-refractivity contribution in [2.24, 2.45) is 0 Å². The first-order valence-corrected chi connectivity index (χ1v) is 10.8. The molecule has 2 aromatic rings. The fourth-order valence-corrected chi connectivity index (χ4v) is 4.73. The molecule has 0 heterocycles. The highest BCUT2D eigenvalue weighted by Crippen LogP contribution is 2.14. The van der Waals surface area contributed by atoms with E-state index in [4.69, 9.17) is 11.6 Å². The first-order chi connectivity index (χ1) is 12.4. The maximum atomic E-state index is 12.1. The van der Waals surface area contributed by atoms with Crippen LogP contribution in [0.3, 0.4) is 0 Å². The quantitative estimate of drug-likeness (QED) is 0.537. The standard InChI is InChI=1S/C17H17ClN2O4S2/c18-15-9-5-4-8-14(15)17(22)20-19-16(21)12-25-10-11-26(23,24)13-6-2-1-3-7-13/h1-9H,10-12H2,(H,19,21)(H,20,22). The summed E-state index contributed by atoms with van der Waals surface area (Å²) >= 11 is 7.06. The Morgan fingerprint density at radius 2 is 1.62 bits per heavy atom. The molecule has 0 radical (unpaired) electrons. The fraction of sp³-hybridized carbons (Fsp3) is 0.176. The number of thioether (sulfide) groups is 1. The average Bonchev–Trinajstić information content (AvgIpc) is 2.64. The summed E-state index contributed by atoms with van der Waals surface area (Å²) in [7, 11) is -3.36. The predicted octanol–water partition coefficient (Wildman–Crippen LogP) is 2.31. The maximum Gasteiger partial charge on any atom is 0.271 e. The van der Waals surface area contributed by atoms with Crippen LogP contribution >= 0.6 is 23.4 Å². The van der Waals surface area contributed by atoms with Crippen molar-refractivity contribution in [2.75, 3.05) is 17.3 Å². The van der Waals surface area contributed by atoms with E-state index in [-0.39, 0.29) is 32.7 Å². The minimum absolute atomic E-state index is 0.0209. The lowest BCUT2D eigenvalue weighted by Gasteiger charge is -2.08. The van der Waals surface area contributed by atoms with Gasteiger partial charge in [-0.25, -0.2) is 8.42 Å². The summed E-state index contributed by atoms with van der Waals surface area (Å²) in [5, 5.41) is 0.278. The predicted molar refractivity (Wildman–Crippen MR) is 103 cm³/mol. The number of hydrazine groups is 1. The first kappa shape index (κ1) is 20.3. The van der Waals surface area contributed by atoms with Gasteiger partial charge in [0.1, 0.15) is 0 Å². The molecule has 0 aliphatic rings. The molecule has 9 heteroatoms. The second-order valence-electron chi connectivity index (χ2n) is 5.17. The Balaban J connectivity index is 1.71. The molecular weight excluding hydrogens is 396 g/mol. The average molecular weight is 413 g/mol. The molecule has 6 nitrogen and oxygen atoms in total. The van der Waals surface area contributed by atoms with Crippen molar-refractivity contribution < 1.29 is 18.0 Å². The van der Waals surface area contributed by atoms with Crippen LogP contribution in [0.1, 0.15) is 10.4 Å². The molecule has 0 aliphatic heterocycles. The number of benzene rings is 2. The molecule has 2 rings (SSSR count). The zero-order valence-electron chi connectivity index (χ0n) is 13.6. The zero-order chi connectivity index (χ0) is 19.0. The molecular formula is C17H17ClN2O4S2. The minimum atomic E-state index is -3.36. The van der Waals surface area contributed by atoms with Crippen LogP contribution < -0.4 is 10.9 Å². The second-order valence-corrected chi connectivity index (χ2v) is 8.79. The Morgan fingerprint density at radius 3 is 2.31 bits per heavy atom. The summed E-state index contributed by atoms with van der Waals surface area (Å²) in [6.45, 7) is 0. The number of hydrogen-bond acceptors (Lipinski definition) is 5. The van der Waals surface area contributed by atoms with Crippen molar-refractivity contribution in [1.29, 1.82) is 0 Å². The van der Waals surface area contributed by atoms with Gasteiger partial charge in [-0.05, 0) is 24.3 Å². The summed E-state index contributed by atoms with van der Waals surface area (Å²) in [6, 6.07) is 14.6. The van der Waals surface area contributed by atoms with Crippen LogP contribution in [0.4, 0.5) is 0 Å². The van der Waals surface area contributed by atoms with E-state index < -0.39 is 21.7 Å². The van der Waals surface area contributed by atoms with Crippen LogP contribution in [0.15, 0.2) is 59.5 Å². The Hall–Kier alpha value is -2.03. The van der Waals surface area contributed by atoms with Gasteiger partial charge in [0.2, 0.25) is 5.91 Å². The third-order valence-electron chi connectivity index (χ3n) is 3.27. The molecule has 0 saturated heterocycles. The van der Waals surface area contributed by atoms with Crippen molar-refractivity contribution in [2.45, 2.75) is 4.90 Å². The lowest BCUT2D eigenvalue weighted by molar-refractivity contribution is -0.119. The largest absolute Gasteiger partial charge is 0.272 e. The summed E-state index contributed by atoms with van der Waals surface area (Å²) in [5.74, 6) is -0.745. The molecule has 0 atom stereocenters. The molecule has 2 amide bonds. The second kappa shape index (κ2) is 9.61. The normalized spacial score (nSPS) is 11.0. The van der Waals surface area contributed by atoms with Gasteiger partial charge in [-0.1, -0.05) is 41.9 Å². The maximum absolute atomic E-state index is 12.1. The van der Waals surface area contributed by atoms with Gasteiger partial charge in [0.05, 0.1) is 27.0 Å². The van der Waals surface area contributed by atoms with Crippen LogP contribution in [0.2, 0.25) is 5.02 Å². The van der Waals surface area contributed by atoms with E-state index in [9.17, 15) is 18.0 Å². The third-order valence-corrected chi connectivity index (χ3v) is 6.54. The molecule has 2 N–H and O–H groups in total. The Morgan fingerprint density at radius 1 is 0.962 bits per heavy atom. The van der Waals surface area contributed by atoms with E-state index in [2.05, 4.69) is 10.9 Å². The molecule has 2 aromatic carbocycles. The van der Waals surface area contributed by atoms with Crippen LogP contribution in [-0.4, -0.2) is 37.5 Å². The molecule has 0 aliphatic carbocycles. The Kier molecular flexibility index (Phi) is 7.50. The lowest BCUT2D eigenvalue weighted by Crippen LogP contribution is -2.42. The number of amides is 2. The van der Waals surface area contributed by atoms with Crippen molar-refractivity contribution in [3.8, 4) is 0 Å². The highest BCUT2D eigenvalue weighted by molar-refractivity contribution is 8.01. The molecule has 138 valence electrons. The molecule has 0 saturated carbocycles. The van der Waals surface area contributed by atoms with Gasteiger partial charge in [0.15, 0.2) is 9.84 Å². The topological polar surface area (TPSA) is 92.3 Å². The van der Waals surface area contributed by atoms with E-state index >= 15 is 0 Å². The fourth-order valence-electron chi connectivity index (χ4n) is 1.95. The number of carbonyl (C=O) groups is 2. The summed E-state index contributed by atoms with van der Waals surface area (Å²) in [5.41, 5.74) is 4.78. The van der Waals surface area contributed by atoms with Crippen LogP contribution in [0.5, 0.6) is 0 Å². The van der Waals surface area contributed by atoms with Crippen molar-refractivity contribution in [1.82, 2.24) is 10.9 Å². The van der Waals surface area contributed by atoms with E-state index in [1.807, 2.05) is 0 Å². The van der Waals surface area contributed by atoms with Gasteiger partial charge in [-0.2, -0.15) is 11.8 Å². The monoisotopic (exact) mass is 412 g/mol. The van der Waals surface area contributed by atoms with E-state index in [1.54, 1.807) is 36.4 Å². The zero-order valence-corrected chi connectivity index (χ0v) is 16.0. The van der Waals surface area contributed by atoms with Gasteiger partial charge >= 0.3 is 0 Å². The van der Waals surface area contributed by atoms with E-state index in [1.165, 1.54) is 18.2 Å². The summed E-state index contributed by atoms with van der Waals surface area (Å²) < 4.78 is 24.2. The summed E-state index contributed by atoms with van der Waals surface area (Å²) in [6.07, 6.45) is 0. The molecule has 0 aromatic heterocycles. The van der Waals surface area contributed by atoms with Gasteiger partial charge in [0.25, 0.3) is 5.91 Å². The molecule has 0 spiro atoms. The number of hydrogen-bond donors (Lipinski definition) is 2. The highest BCUT2D eigenvalue weighted by Gasteiger charge is 2.14. The summed E-state index contributed by atoms with van der Waals surface area (Å²) in [4.78, 5) is 23.9. The minimum Gasteiger partial charge on any atom is -0.272 e. The van der Waals surface area contributed by atoms with E-state index in [0.717, 1.165) is 11.8 Å². The third kappa shape index (κ3) is 6.05. The van der Waals surface area contributed by atoms with Crippen molar-refractivity contribution >= 4 is 45.0 Å². The van der Waals surface area contributed by atoms with Crippen LogP contribution in [-0.2, 0) is 14.6 Å². The van der Waals surface area contributed by atoms with Gasteiger partial charge in [0, 0.05) is 5.75 Å². The number of sulfone groups is 1. The molecule has 0 fully saturated rings. The van der Waals surface area contributed by atoms with Gasteiger partial charge in [-0.15, -0.1) is 0 Å². The number of carbonyl (C=O) groups excluding carboxylic acids is 2. The highest BCUT2D eigenvalue weighted by atomic mass is 35.5. The van der Waals surface area contributed by atoms with Gasteiger partial charge < -0.3 is 0 Å². The number of halogens is 1. The Labute approximate surface area is 161 Å². The SMILES string of the molecule is O=C(CSCCS(=O)(=O)c1ccccc1)NNC(=O)c1ccccc1Cl. The van der Waals surface area contributed by atoms with Crippen LogP contribution in [0.25, 0.3) is 0 Å².